The summed E-state index contributed by atoms with van der Waals surface area (Å²) in [5.74, 6) is -0.389. The van der Waals surface area contributed by atoms with E-state index in [1.807, 2.05) is 30.3 Å². The first kappa shape index (κ1) is 19.1. The Morgan fingerprint density at radius 3 is 2.24 bits per heavy atom. The summed E-state index contributed by atoms with van der Waals surface area (Å²) in [4.78, 5) is 12.6. The number of hydrogen-bond donors (Lipinski definition) is 2. The number of carbonyl (C=O) groups is 1. The van der Waals surface area contributed by atoms with Crippen LogP contribution in [0.15, 0.2) is 65.6 Å². The molecule has 7 heteroatoms. The van der Waals surface area contributed by atoms with Crippen molar-refractivity contribution in [2.24, 2.45) is 0 Å². The van der Waals surface area contributed by atoms with Crippen LogP contribution in [0.25, 0.3) is 0 Å². The maximum Gasteiger partial charge on any atom is 0.241 e. The fourth-order valence-corrected chi connectivity index (χ4v) is 3.51. The molecule has 0 radical (unpaired) electrons. The van der Waals surface area contributed by atoms with Gasteiger partial charge in [0.25, 0.3) is 0 Å². The maximum absolute atomic E-state index is 12.6. The molecule has 1 amide bonds. The van der Waals surface area contributed by atoms with Crippen molar-refractivity contribution in [1.82, 2.24) is 10.0 Å². The molecule has 0 bridgehead atoms. The Hall–Kier alpha value is -2.22. The number of amides is 1. The number of hydrogen-bond acceptors (Lipinski definition) is 4. The van der Waals surface area contributed by atoms with Gasteiger partial charge in [0.05, 0.1) is 11.5 Å². The number of nitrogens with one attached hydrogen (secondary N) is 2. The van der Waals surface area contributed by atoms with E-state index in [1.54, 1.807) is 18.2 Å². The summed E-state index contributed by atoms with van der Waals surface area (Å²) in [6.07, 6.45) is 0.256. The second-order valence-corrected chi connectivity index (χ2v) is 7.17. The standard InChI is InChI=1S/C18H22N2O4S/c1-24-13-12-19-18(21)17(14-15-8-4-2-5-9-15)20-25(22,23)16-10-6-3-7-11-16/h2-11,17,20H,12-14H2,1H3,(H,19,21)/t17-/m1/s1. The van der Waals surface area contributed by atoms with Crippen molar-refractivity contribution in [2.75, 3.05) is 20.3 Å². The van der Waals surface area contributed by atoms with E-state index in [1.165, 1.54) is 19.2 Å². The summed E-state index contributed by atoms with van der Waals surface area (Å²) in [7, 11) is -2.26. The first-order valence-electron chi connectivity index (χ1n) is 7.91. The topological polar surface area (TPSA) is 84.5 Å². The van der Waals surface area contributed by atoms with Gasteiger partial charge in [0.15, 0.2) is 0 Å². The Morgan fingerprint density at radius 2 is 1.64 bits per heavy atom. The molecule has 134 valence electrons. The Kier molecular flexibility index (Phi) is 7.12. The Labute approximate surface area is 148 Å². The number of methoxy groups -OCH3 is 1. The van der Waals surface area contributed by atoms with Gasteiger partial charge in [-0.2, -0.15) is 4.72 Å². The number of benzene rings is 2. The van der Waals surface area contributed by atoms with Gasteiger partial charge in [-0.05, 0) is 24.1 Å². The predicted octanol–water partition coefficient (Wildman–Crippen LogP) is 1.34. The van der Waals surface area contributed by atoms with E-state index in [2.05, 4.69) is 10.0 Å². The lowest BCUT2D eigenvalue weighted by Crippen LogP contribution is -2.48. The van der Waals surface area contributed by atoms with Crippen LogP contribution >= 0.6 is 0 Å². The molecular formula is C18H22N2O4S. The minimum Gasteiger partial charge on any atom is -0.383 e. The fraction of sp³-hybridized carbons (Fsp3) is 0.278. The zero-order valence-electron chi connectivity index (χ0n) is 14.0. The second-order valence-electron chi connectivity index (χ2n) is 5.46. The van der Waals surface area contributed by atoms with Gasteiger partial charge in [0.1, 0.15) is 6.04 Å². The third-order valence-corrected chi connectivity index (χ3v) is 5.04. The number of sulfonamides is 1. The van der Waals surface area contributed by atoms with E-state index in [0.29, 0.717) is 13.2 Å². The summed E-state index contributed by atoms with van der Waals surface area (Å²) in [5.41, 5.74) is 0.866. The minimum absolute atomic E-state index is 0.123. The molecule has 0 spiro atoms. The molecule has 0 heterocycles. The van der Waals surface area contributed by atoms with Crippen molar-refractivity contribution in [2.45, 2.75) is 17.4 Å². The van der Waals surface area contributed by atoms with Gasteiger partial charge in [-0.15, -0.1) is 0 Å². The van der Waals surface area contributed by atoms with E-state index >= 15 is 0 Å². The van der Waals surface area contributed by atoms with Gasteiger partial charge in [-0.25, -0.2) is 8.42 Å². The van der Waals surface area contributed by atoms with Crippen LogP contribution < -0.4 is 10.0 Å². The number of rotatable bonds is 9. The lowest BCUT2D eigenvalue weighted by molar-refractivity contribution is -0.122. The van der Waals surface area contributed by atoms with Gasteiger partial charge in [-0.1, -0.05) is 48.5 Å². The summed E-state index contributed by atoms with van der Waals surface area (Å²) in [5, 5.41) is 2.69. The smallest absolute Gasteiger partial charge is 0.241 e. The van der Waals surface area contributed by atoms with E-state index in [9.17, 15) is 13.2 Å². The van der Waals surface area contributed by atoms with Crippen molar-refractivity contribution < 1.29 is 17.9 Å². The van der Waals surface area contributed by atoms with Crippen molar-refractivity contribution >= 4 is 15.9 Å². The second kappa shape index (κ2) is 9.31. The lowest BCUT2D eigenvalue weighted by atomic mass is 10.1. The maximum atomic E-state index is 12.6. The van der Waals surface area contributed by atoms with Crippen molar-refractivity contribution in [3.63, 3.8) is 0 Å². The Morgan fingerprint density at radius 1 is 1.04 bits per heavy atom. The monoisotopic (exact) mass is 362 g/mol. The van der Waals surface area contributed by atoms with Crippen LogP contribution in [0.4, 0.5) is 0 Å². The highest BCUT2D eigenvalue weighted by molar-refractivity contribution is 7.89. The summed E-state index contributed by atoms with van der Waals surface area (Å²) in [6, 6.07) is 16.3. The van der Waals surface area contributed by atoms with Crippen molar-refractivity contribution in [3.8, 4) is 0 Å². The molecule has 2 aromatic rings. The zero-order chi connectivity index (χ0) is 18.1. The van der Waals surface area contributed by atoms with E-state index < -0.39 is 16.1 Å². The largest absolute Gasteiger partial charge is 0.383 e. The first-order chi connectivity index (χ1) is 12.0. The average Bonchev–Trinajstić information content (AvgIpc) is 2.63. The molecule has 0 saturated carbocycles. The third-order valence-electron chi connectivity index (χ3n) is 3.56. The number of carbonyl (C=O) groups excluding carboxylic acids is 1. The molecule has 0 saturated heterocycles. The van der Waals surface area contributed by atoms with Crippen LogP contribution in [-0.2, 0) is 26.0 Å². The molecule has 0 aromatic heterocycles. The highest BCUT2D eigenvalue weighted by Crippen LogP contribution is 2.11. The van der Waals surface area contributed by atoms with Crippen LogP contribution in [0.2, 0.25) is 0 Å². The summed E-state index contributed by atoms with van der Waals surface area (Å²) < 4.78 is 32.5. The molecule has 25 heavy (non-hydrogen) atoms. The van der Waals surface area contributed by atoms with Gasteiger partial charge < -0.3 is 10.1 Å². The van der Waals surface area contributed by atoms with Crippen LogP contribution in [-0.4, -0.2) is 40.6 Å². The Bertz CT molecular complexity index is 764. The molecule has 0 unspecified atom stereocenters. The molecule has 0 fully saturated rings. The van der Waals surface area contributed by atoms with Gasteiger partial charge in [0.2, 0.25) is 15.9 Å². The van der Waals surface area contributed by atoms with E-state index in [-0.39, 0.29) is 17.2 Å². The van der Waals surface area contributed by atoms with Gasteiger partial charge in [-0.3, -0.25) is 4.79 Å². The van der Waals surface area contributed by atoms with Crippen molar-refractivity contribution in [1.29, 1.82) is 0 Å². The van der Waals surface area contributed by atoms with Gasteiger partial charge >= 0.3 is 0 Å². The highest BCUT2D eigenvalue weighted by Gasteiger charge is 2.25. The summed E-state index contributed by atoms with van der Waals surface area (Å²) >= 11 is 0. The molecule has 0 aliphatic rings. The minimum atomic E-state index is -3.80. The van der Waals surface area contributed by atoms with Crippen LogP contribution in [0.3, 0.4) is 0 Å². The van der Waals surface area contributed by atoms with Crippen LogP contribution in [0.1, 0.15) is 5.56 Å². The summed E-state index contributed by atoms with van der Waals surface area (Å²) in [6.45, 7) is 0.670. The number of ether oxygens (including phenoxy) is 1. The fourth-order valence-electron chi connectivity index (χ4n) is 2.29. The lowest BCUT2D eigenvalue weighted by Gasteiger charge is -2.18. The Balaban J connectivity index is 2.17. The molecule has 1 atom stereocenters. The molecular weight excluding hydrogens is 340 g/mol. The molecule has 0 aliphatic carbocycles. The highest BCUT2D eigenvalue weighted by atomic mass is 32.2. The normalized spacial score (nSPS) is 12.5. The quantitative estimate of drug-likeness (QED) is 0.659. The predicted molar refractivity (Wildman–Crippen MR) is 95.6 cm³/mol. The molecule has 2 N–H and O–H groups in total. The zero-order valence-corrected chi connectivity index (χ0v) is 14.8. The van der Waals surface area contributed by atoms with E-state index in [4.69, 9.17) is 4.74 Å². The van der Waals surface area contributed by atoms with E-state index in [0.717, 1.165) is 5.56 Å². The average molecular weight is 362 g/mol. The van der Waals surface area contributed by atoms with Gasteiger partial charge in [0, 0.05) is 13.7 Å². The van der Waals surface area contributed by atoms with Crippen LogP contribution in [0, 0.1) is 0 Å². The molecule has 2 aromatic carbocycles. The molecule has 0 aliphatic heterocycles. The van der Waals surface area contributed by atoms with Crippen LogP contribution in [0.5, 0.6) is 0 Å². The van der Waals surface area contributed by atoms with Crippen molar-refractivity contribution in [3.05, 3.63) is 66.2 Å². The third kappa shape index (κ3) is 5.97. The first-order valence-corrected chi connectivity index (χ1v) is 9.39. The molecule has 6 nitrogen and oxygen atoms in total. The SMILES string of the molecule is COCCNC(=O)[C@@H](Cc1ccccc1)NS(=O)(=O)c1ccccc1. The molecule has 2 rings (SSSR count).